The molecule has 1 nitrogen and oxygen atoms in total. The molecule has 164 valence electrons. The van der Waals surface area contributed by atoms with Crippen LogP contribution in [0, 0.1) is 0 Å². The maximum atomic E-state index is 11.3. The molecule has 2 aliphatic rings. The van der Waals surface area contributed by atoms with Gasteiger partial charge in [0.15, 0.2) is 5.78 Å². The zero-order chi connectivity index (χ0) is 23.2. The molecule has 2 aliphatic carbocycles. The Kier molecular flexibility index (Phi) is 5.29. The first-order valence-corrected chi connectivity index (χ1v) is 11.7. The second-order valence-electron chi connectivity index (χ2n) is 10.2. The minimum atomic E-state index is 0.138. The van der Waals surface area contributed by atoms with Crippen LogP contribution in [0.1, 0.15) is 65.9 Å². The maximum absolute atomic E-state index is 11.3. The van der Waals surface area contributed by atoms with Crippen molar-refractivity contribution >= 4 is 5.78 Å². The molecular weight excluding hydrogens is 400 g/mol. The number of hydrogen-bond donors (Lipinski definition) is 0. The lowest BCUT2D eigenvalue weighted by Gasteiger charge is -2.20. The summed E-state index contributed by atoms with van der Waals surface area (Å²) < 4.78 is 0. The average molecular weight is 431 g/mol. The Morgan fingerprint density at radius 2 is 1.09 bits per heavy atom. The highest BCUT2D eigenvalue weighted by Gasteiger charge is 2.21. The van der Waals surface area contributed by atoms with Gasteiger partial charge in [-0.05, 0) is 81.3 Å². The van der Waals surface area contributed by atoms with Crippen molar-refractivity contribution in [1.82, 2.24) is 0 Å². The van der Waals surface area contributed by atoms with E-state index in [1.165, 1.54) is 50.1 Å². The van der Waals surface area contributed by atoms with Gasteiger partial charge in [0.25, 0.3) is 0 Å². The third-order valence-electron chi connectivity index (χ3n) is 6.86. The summed E-state index contributed by atoms with van der Waals surface area (Å²) in [7, 11) is 0. The number of hydrogen-bond acceptors (Lipinski definition) is 1. The molecule has 4 aromatic rings. The summed E-state index contributed by atoms with van der Waals surface area (Å²) in [6.07, 6.45) is 2.04. The van der Waals surface area contributed by atoms with Gasteiger partial charge in [0, 0.05) is 5.56 Å². The second-order valence-corrected chi connectivity index (χ2v) is 10.2. The molecule has 0 heterocycles. The lowest BCUT2D eigenvalue weighted by molar-refractivity contribution is 0.101. The highest BCUT2D eigenvalue weighted by atomic mass is 16.1. The molecule has 0 saturated carbocycles. The number of carbonyl (C=O) groups is 1. The van der Waals surface area contributed by atoms with Gasteiger partial charge in [-0.25, -0.2) is 0 Å². The lowest BCUT2D eigenvalue weighted by Crippen LogP contribution is -2.11. The summed E-state index contributed by atoms with van der Waals surface area (Å²) in [5, 5.41) is 0. The summed E-state index contributed by atoms with van der Waals surface area (Å²) in [5.74, 6) is 0.138. The second kappa shape index (κ2) is 8.15. The molecule has 0 saturated heterocycles. The van der Waals surface area contributed by atoms with E-state index in [1.54, 1.807) is 6.92 Å². The predicted octanol–water partition coefficient (Wildman–Crippen LogP) is 8.02. The maximum Gasteiger partial charge on any atom is 0.159 e. The summed E-state index contributed by atoms with van der Waals surface area (Å²) in [6.45, 7) is 8.44. The minimum Gasteiger partial charge on any atom is -0.295 e. The van der Waals surface area contributed by atoms with E-state index < -0.39 is 0 Å². The van der Waals surface area contributed by atoms with Crippen LogP contribution in [0.4, 0.5) is 0 Å². The largest absolute Gasteiger partial charge is 0.295 e. The monoisotopic (exact) mass is 430 g/mol. The summed E-state index contributed by atoms with van der Waals surface area (Å²) >= 11 is 0. The first-order valence-electron chi connectivity index (χ1n) is 11.7. The zero-order valence-corrected chi connectivity index (χ0v) is 19.9. The zero-order valence-electron chi connectivity index (χ0n) is 19.9. The van der Waals surface area contributed by atoms with E-state index in [0.717, 1.165) is 18.4 Å². The van der Waals surface area contributed by atoms with Crippen molar-refractivity contribution in [3.8, 4) is 22.3 Å². The molecule has 33 heavy (non-hydrogen) atoms. The van der Waals surface area contributed by atoms with Crippen molar-refractivity contribution in [2.75, 3.05) is 0 Å². The van der Waals surface area contributed by atoms with Crippen molar-refractivity contribution in [3.05, 3.63) is 118 Å². The predicted molar refractivity (Wildman–Crippen MR) is 138 cm³/mol. The van der Waals surface area contributed by atoms with Gasteiger partial charge in [-0.2, -0.15) is 0 Å². The molecule has 0 unspecified atom stereocenters. The van der Waals surface area contributed by atoms with Gasteiger partial charge >= 0.3 is 0 Å². The molecule has 0 aromatic heterocycles. The van der Waals surface area contributed by atoms with Crippen LogP contribution in [-0.4, -0.2) is 5.78 Å². The van der Waals surface area contributed by atoms with E-state index in [-0.39, 0.29) is 11.2 Å². The van der Waals surface area contributed by atoms with E-state index in [9.17, 15) is 4.79 Å². The van der Waals surface area contributed by atoms with E-state index in [2.05, 4.69) is 93.6 Å². The van der Waals surface area contributed by atoms with Crippen LogP contribution < -0.4 is 0 Å². The van der Waals surface area contributed by atoms with Crippen molar-refractivity contribution < 1.29 is 4.79 Å². The summed E-state index contributed by atoms with van der Waals surface area (Å²) in [6, 6.07) is 30.1. The van der Waals surface area contributed by atoms with Gasteiger partial charge < -0.3 is 0 Å². The van der Waals surface area contributed by atoms with E-state index in [1.807, 2.05) is 12.1 Å². The first-order chi connectivity index (χ1) is 15.8. The molecule has 0 aliphatic heterocycles. The van der Waals surface area contributed by atoms with Gasteiger partial charge in [0.05, 0.1) is 0 Å². The third kappa shape index (κ3) is 4.04. The minimum absolute atomic E-state index is 0.138. The highest BCUT2D eigenvalue weighted by Crippen LogP contribution is 2.39. The Morgan fingerprint density at radius 3 is 1.64 bits per heavy atom. The molecule has 6 rings (SSSR count). The van der Waals surface area contributed by atoms with Crippen molar-refractivity contribution in [2.24, 2.45) is 0 Å². The number of fused-ring (bicyclic) bond motifs is 6. The number of ketones is 1. The van der Waals surface area contributed by atoms with Crippen LogP contribution in [0.5, 0.6) is 0 Å². The van der Waals surface area contributed by atoms with Gasteiger partial charge in [-0.1, -0.05) is 99.6 Å². The lowest BCUT2D eigenvalue weighted by atomic mass is 9.85. The summed E-state index contributed by atoms with van der Waals surface area (Å²) in [4.78, 5) is 11.3. The normalized spacial score (nSPS) is 12.7. The Bertz CT molecular complexity index is 1370. The van der Waals surface area contributed by atoms with Crippen molar-refractivity contribution in [3.63, 3.8) is 0 Å². The fraction of sp³-hybridized carbons (Fsp3) is 0.219. The number of rotatable bonds is 1. The van der Waals surface area contributed by atoms with Crippen molar-refractivity contribution in [2.45, 2.75) is 46.0 Å². The Morgan fingerprint density at radius 1 is 0.606 bits per heavy atom. The molecule has 0 bridgehead atoms. The fourth-order valence-electron chi connectivity index (χ4n) is 4.98. The molecule has 0 atom stereocenters. The molecule has 0 radical (unpaired) electrons. The van der Waals surface area contributed by atoms with Crippen LogP contribution in [0.25, 0.3) is 22.3 Å². The smallest absolute Gasteiger partial charge is 0.159 e. The third-order valence-corrected chi connectivity index (χ3v) is 6.86. The molecule has 0 spiro atoms. The Hall–Kier alpha value is -3.45. The van der Waals surface area contributed by atoms with Gasteiger partial charge in [-0.3, -0.25) is 4.79 Å². The molecular formula is C32H30O. The van der Waals surface area contributed by atoms with E-state index in [0.29, 0.717) is 0 Å². The number of benzene rings is 4. The van der Waals surface area contributed by atoms with Crippen molar-refractivity contribution in [1.29, 1.82) is 0 Å². The Balaban J connectivity index is 0.000000139. The number of Topliss-reactive ketones (excluding diaryl/α,β-unsaturated/α-hetero) is 1. The van der Waals surface area contributed by atoms with Crippen LogP contribution in [0.2, 0.25) is 0 Å². The average Bonchev–Trinajstić information content (AvgIpc) is 3.36. The van der Waals surface area contributed by atoms with Crippen LogP contribution in [0.3, 0.4) is 0 Å². The molecule has 4 aromatic carbocycles. The summed E-state index contributed by atoms with van der Waals surface area (Å²) in [5.41, 5.74) is 13.5. The van der Waals surface area contributed by atoms with E-state index >= 15 is 0 Å². The molecule has 0 N–H and O–H groups in total. The first kappa shape index (κ1) is 21.4. The highest BCUT2D eigenvalue weighted by molar-refractivity contribution is 5.95. The van der Waals surface area contributed by atoms with Crippen LogP contribution >= 0.6 is 0 Å². The van der Waals surface area contributed by atoms with Gasteiger partial charge in [0.2, 0.25) is 0 Å². The van der Waals surface area contributed by atoms with Crippen LogP contribution in [-0.2, 0) is 18.3 Å². The standard InChI is InChI=1S/C17H18.C15H12O/c1-17(2,3)14-8-9-16-13(11-14)10-12-6-4-5-7-15(12)16;1-10(16)11-6-7-15-13(8-11)9-12-4-2-3-5-14(12)15/h4-9,11H,10H2,1-3H3;2-8H,9H2,1H3. The molecule has 0 amide bonds. The van der Waals surface area contributed by atoms with Gasteiger partial charge in [0.1, 0.15) is 0 Å². The fourth-order valence-corrected chi connectivity index (χ4v) is 4.98. The van der Waals surface area contributed by atoms with E-state index in [4.69, 9.17) is 0 Å². The molecule has 1 heteroatoms. The van der Waals surface area contributed by atoms with Crippen LogP contribution in [0.15, 0.2) is 84.9 Å². The SMILES string of the molecule is CC(=O)c1ccc2c(c1)Cc1ccccc1-2.CC(C)(C)c1ccc2c(c1)Cc1ccccc1-2. The molecule has 0 fully saturated rings. The Labute approximate surface area is 197 Å². The number of carbonyl (C=O) groups excluding carboxylic acids is 1. The topological polar surface area (TPSA) is 17.1 Å². The quantitative estimate of drug-likeness (QED) is 0.241. The van der Waals surface area contributed by atoms with Gasteiger partial charge in [-0.15, -0.1) is 0 Å².